The second-order valence-electron chi connectivity index (χ2n) is 6.68. The summed E-state index contributed by atoms with van der Waals surface area (Å²) < 4.78 is 15.0. The maximum Gasteiger partial charge on any atom is 0.193 e. The van der Waals surface area contributed by atoms with E-state index in [2.05, 4.69) is 40.4 Å². The molecule has 0 aliphatic carbocycles. The Morgan fingerprint density at radius 1 is 1.38 bits per heavy atom. The van der Waals surface area contributed by atoms with Gasteiger partial charge in [0.25, 0.3) is 0 Å². The smallest absolute Gasteiger partial charge is 0.193 e. The van der Waals surface area contributed by atoms with Crippen molar-refractivity contribution in [2.45, 2.75) is 32.7 Å². The van der Waals surface area contributed by atoms with Crippen molar-refractivity contribution >= 4 is 17.6 Å². The molecule has 0 saturated carbocycles. The minimum atomic E-state index is -0.320. The molecule has 1 N–H and O–H groups in total. The number of aliphatic imine (C=N–C) groups is 1. The minimum absolute atomic E-state index is 0.320. The van der Waals surface area contributed by atoms with E-state index in [4.69, 9.17) is 11.6 Å². The van der Waals surface area contributed by atoms with Crippen molar-refractivity contribution in [2.24, 2.45) is 12.0 Å². The van der Waals surface area contributed by atoms with E-state index in [-0.39, 0.29) is 5.82 Å². The third kappa shape index (κ3) is 5.21. The number of nitrogens with one attached hydrogen (secondary N) is 1. The summed E-state index contributed by atoms with van der Waals surface area (Å²) in [7, 11) is 5.70. The molecule has 1 heterocycles. The van der Waals surface area contributed by atoms with Crippen LogP contribution in [-0.2, 0) is 20.0 Å². The predicted octanol–water partition coefficient (Wildman–Crippen LogP) is 3.59. The van der Waals surface area contributed by atoms with Crippen LogP contribution in [0.3, 0.4) is 0 Å². The summed E-state index contributed by atoms with van der Waals surface area (Å²) in [6.07, 6.45) is 2.74. The lowest BCUT2D eigenvalue weighted by Crippen LogP contribution is -2.39. The van der Waals surface area contributed by atoms with Gasteiger partial charge in [0.1, 0.15) is 5.82 Å². The van der Waals surface area contributed by atoms with Crippen molar-refractivity contribution in [3.63, 3.8) is 0 Å². The number of nitrogens with zero attached hydrogens (tertiary/aromatic N) is 4. The van der Waals surface area contributed by atoms with Crippen molar-refractivity contribution < 1.29 is 4.39 Å². The number of aromatic nitrogens is 2. The van der Waals surface area contributed by atoms with E-state index in [0.717, 1.165) is 23.8 Å². The lowest BCUT2D eigenvalue weighted by atomic mass is 10.1. The van der Waals surface area contributed by atoms with Crippen molar-refractivity contribution in [3.05, 3.63) is 52.1 Å². The van der Waals surface area contributed by atoms with Gasteiger partial charge in [0.05, 0.1) is 5.69 Å². The maximum atomic E-state index is 13.1. The Morgan fingerprint density at radius 3 is 2.73 bits per heavy atom. The molecule has 2 rings (SSSR count). The number of halogens is 2. The van der Waals surface area contributed by atoms with E-state index in [1.807, 2.05) is 18.8 Å². The zero-order valence-corrected chi connectivity index (χ0v) is 16.8. The standard InChI is InChI=1S/C19H27ClFN5/c1-13(2)18-15(12-26(5)24-18)11-25(4)19(22-3)23-9-8-14-6-7-16(21)10-17(14)20/h6-7,10,12-13H,8-9,11H2,1-5H3,(H,22,23). The number of hydrogen-bond acceptors (Lipinski definition) is 2. The largest absolute Gasteiger partial charge is 0.356 e. The molecule has 5 nitrogen and oxygen atoms in total. The van der Waals surface area contributed by atoms with Crippen molar-refractivity contribution in [3.8, 4) is 0 Å². The van der Waals surface area contributed by atoms with Crippen LogP contribution >= 0.6 is 11.6 Å². The van der Waals surface area contributed by atoms with Crippen molar-refractivity contribution in [1.82, 2.24) is 20.0 Å². The second kappa shape index (κ2) is 9.03. The van der Waals surface area contributed by atoms with Crippen LogP contribution in [0.15, 0.2) is 29.4 Å². The Morgan fingerprint density at radius 2 is 2.12 bits per heavy atom. The molecular formula is C19H27ClFN5. The molecule has 0 aliphatic heterocycles. The third-order valence-corrected chi connectivity index (χ3v) is 4.51. The Labute approximate surface area is 159 Å². The fraction of sp³-hybridized carbons (Fsp3) is 0.474. The Balaban J connectivity index is 1.96. The highest BCUT2D eigenvalue weighted by Crippen LogP contribution is 2.19. The van der Waals surface area contributed by atoms with E-state index in [9.17, 15) is 4.39 Å². The molecule has 0 aliphatic rings. The Hall–Kier alpha value is -2.08. The number of aryl methyl sites for hydroxylation is 1. The summed E-state index contributed by atoms with van der Waals surface area (Å²) in [5, 5.41) is 8.33. The molecule has 0 fully saturated rings. The molecule has 1 aromatic heterocycles. The van der Waals surface area contributed by atoms with Gasteiger partial charge in [-0.1, -0.05) is 31.5 Å². The van der Waals surface area contributed by atoms with Gasteiger partial charge in [-0.3, -0.25) is 9.67 Å². The lowest BCUT2D eigenvalue weighted by molar-refractivity contribution is 0.474. The van der Waals surface area contributed by atoms with Crippen LogP contribution in [0.4, 0.5) is 4.39 Å². The van der Waals surface area contributed by atoms with Gasteiger partial charge >= 0.3 is 0 Å². The number of hydrogen-bond donors (Lipinski definition) is 1. The first-order valence-corrected chi connectivity index (χ1v) is 9.07. The van der Waals surface area contributed by atoms with E-state index < -0.39 is 0 Å². The SMILES string of the molecule is CN=C(NCCc1ccc(F)cc1Cl)N(C)Cc1cn(C)nc1C(C)C. The molecule has 0 radical (unpaired) electrons. The van der Waals surface area contributed by atoms with Crippen LogP contribution in [0, 0.1) is 5.82 Å². The average Bonchev–Trinajstić information content (AvgIpc) is 2.93. The number of rotatable bonds is 6. The molecule has 7 heteroatoms. The second-order valence-corrected chi connectivity index (χ2v) is 7.09. The van der Waals surface area contributed by atoms with Gasteiger partial charge in [-0.25, -0.2) is 4.39 Å². The molecule has 0 unspecified atom stereocenters. The lowest BCUT2D eigenvalue weighted by Gasteiger charge is -2.22. The number of benzene rings is 1. The van der Waals surface area contributed by atoms with Crippen LogP contribution in [-0.4, -0.2) is 41.3 Å². The molecule has 0 bridgehead atoms. The van der Waals surface area contributed by atoms with Crippen LogP contribution in [0.1, 0.15) is 36.6 Å². The highest BCUT2D eigenvalue weighted by Gasteiger charge is 2.15. The molecular weight excluding hydrogens is 353 g/mol. The topological polar surface area (TPSA) is 45.5 Å². The van der Waals surface area contributed by atoms with Crippen molar-refractivity contribution in [2.75, 3.05) is 20.6 Å². The first kappa shape index (κ1) is 20.2. The zero-order chi connectivity index (χ0) is 19.3. The Kier molecular flexibility index (Phi) is 7.03. The van der Waals surface area contributed by atoms with Gasteiger partial charge < -0.3 is 10.2 Å². The molecule has 0 amide bonds. The summed E-state index contributed by atoms with van der Waals surface area (Å²) in [6, 6.07) is 4.49. The Bertz CT molecular complexity index is 769. The first-order chi connectivity index (χ1) is 12.3. The fourth-order valence-corrected chi connectivity index (χ4v) is 3.17. The zero-order valence-electron chi connectivity index (χ0n) is 16.1. The summed E-state index contributed by atoms with van der Waals surface area (Å²) in [5.41, 5.74) is 3.20. The predicted molar refractivity (Wildman–Crippen MR) is 105 cm³/mol. The fourth-order valence-electron chi connectivity index (χ4n) is 2.91. The highest BCUT2D eigenvalue weighted by atomic mass is 35.5. The molecule has 0 atom stereocenters. The monoisotopic (exact) mass is 379 g/mol. The summed E-state index contributed by atoms with van der Waals surface area (Å²) in [4.78, 5) is 6.41. The summed E-state index contributed by atoms with van der Waals surface area (Å²) >= 11 is 6.08. The highest BCUT2D eigenvalue weighted by molar-refractivity contribution is 6.31. The molecule has 2 aromatic rings. The quantitative estimate of drug-likeness (QED) is 0.616. The van der Waals surface area contributed by atoms with Gasteiger partial charge in [-0.15, -0.1) is 0 Å². The van der Waals surface area contributed by atoms with Crippen LogP contribution < -0.4 is 5.32 Å². The molecule has 0 spiro atoms. The molecule has 1 aromatic carbocycles. The van der Waals surface area contributed by atoms with Gasteiger partial charge in [-0.2, -0.15) is 5.10 Å². The van der Waals surface area contributed by atoms with Gasteiger partial charge in [0.2, 0.25) is 0 Å². The van der Waals surface area contributed by atoms with Crippen LogP contribution in [0.2, 0.25) is 5.02 Å². The van der Waals surface area contributed by atoms with E-state index in [1.54, 1.807) is 13.1 Å². The van der Waals surface area contributed by atoms with Crippen LogP contribution in [0.25, 0.3) is 0 Å². The van der Waals surface area contributed by atoms with Gasteiger partial charge in [0, 0.05) is 51.0 Å². The normalized spacial score (nSPS) is 11.9. The summed E-state index contributed by atoms with van der Waals surface area (Å²) in [5.74, 6) is 0.844. The summed E-state index contributed by atoms with van der Waals surface area (Å²) in [6.45, 7) is 5.67. The maximum absolute atomic E-state index is 13.1. The van der Waals surface area contributed by atoms with Gasteiger partial charge in [-0.05, 0) is 30.0 Å². The van der Waals surface area contributed by atoms with Crippen LogP contribution in [0.5, 0.6) is 0 Å². The van der Waals surface area contributed by atoms with E-state index in [0.29, 0.717) is 23.9 Å². The molecule has 26 heavy (non-hydrogen) atoms. The van der Waals surface area contributed by atoms with E-state index in [1.165, 1.54) is 17.7 Å². The van der Waals surface area contributed by atoms with E-state index >= 15 is 0 Å². The van der Waals surface area contributed by atoms with Gasteiger partial charge in [0.15, 0.2) is 5.96 Å². The first-order valence-electron chi connectivity index (χ1n) is 8.70. The average molecular weight is 380 g/mol. The minimum Gasteiger partial charge on any atom is -0.356 e. The molecule has 0 saturated heterocycles. The number of guanidine groups is 1. The molecule has 142 valence electrons. The van der Waals surface area contributed by atoms with Crippen molar-refractivity contribution in [1.29, 1.82) is 0 Å². The third-order valence-electron chi connectivity index (χ3n) is 4.16.